The third kappa shape index (κ3) is 4.39. The molecule has 4 heteroatoms. The van der Waals surface area contributed by atoms with Crippen molar-refractivity contribution in [1.82, 2.24) is 15.1 Å². The molecule has 0 saturated carbocycles. The van der Waals surface area contributed by atoms with Crippen LogP contribution in [0, 0.1) is 5.92 Å². The van der Waals surface area contributed by atoms with E-state index in [4.69, 9.17) is 0 Å². The number of likely N-dealkylation sites (N-methyl/N-ethyl adjacent to an activating group) is 1. The first-order valence-electron chi connectivity index (χ1n) is 6.19. The number of carbonyl (C=O) groups is 1. The molecule has 1 N–H and O–H groups in total. The zero-order valence-electron chi connectivity index (χ0n) is 11.0. The van der Waals surface area contributed by atoms with Crippen molar-refractivity contribution in [3.63, 3.8) is 0 Å². The number of urea groups is 1. The molecule has 1 heterocycles. The average molecular weight is 227 g/mol. The van der Waals surface area contributed by atoms with E-state index in [9.17, 15) is 4.79 Å². The van der Waals surface area contributed by atoms with Gasteiger partial charge in [0.05, 0.1) is 0 Å². The molecule has 16 heavy (non-hydrogen) atoms. The molecular weight excluding hydrogens is 202 g/mol. The first kappa shape index (κ1) is 13.3. The van der Waals surface area contributed by atoms with Crippen molar-refractivity contribution in [2.45, 2.75) is 32.7 Å². The lowest BCUT2D eigenvalue weighted by atomic mass is 10.0. The molecule has 1 aliphatic heterocycles. The zero-order chi connectivity index (χ0) is 12.1. The summed E-state index contributed by atoms with van der Waals surface area (Å²) in [6.45, 7) is 6.95. The topological polar surface area (TPSA) is 35.6 Å². The summed E-state index contributed by atoms with van der Waals surface area (Å²) in [5.74, 6) is 0.642. The molecule has 0 aromatic heterocycles. The molecule has 4 nitrogen and oxygen atoms in total. The normalized spacial score (nSPS) is 23.3. The van der Waals surface area contributed by atoms with Crippen LogP contribution in [0.2, 0.25) is 0 Å². The van der Waals surface area contributed by atoms with Gasteiger partial charge in [-0.25, -0.2) is 4.79 Å². The monoisotopic (exact) mass is 227 g/mol. The predicted molar refractivity (Wildman–Crippen MR) is 66.5 cm³/mol. The van der Waals surface area contributed by atoms with Crippen LogP contribution in [0.1, 0.15) is 26.7 Å². The first-order chi connectivity index (χ1) is 7.49. The maximum absolute atomic E-state index is 11.9. The second-order valence-electron chi connectivity index (χ2n) is 5.31. The van der Waals surface area contributed by atoms with Crippen molar-refractivity contribution in [3.8, 4) is 0 Å². The number of amides is 2. The molecule has 1 rings (SSSR count). The molecule has 1 fully saturated rings. The smallest absolute Gasteiger partial charge is 0.317 e. The largest absolute Gasteiger partial charge is 0.334 e. The fourth-order valence-corrected chi connectivity index (χ4v) is 2.27. The van der Waals surface area contributed by atoms with Gasteiger partial charge in [0.1, 0.15) is 0 Å². The molecule has 0 aromatic rings. The van der Waals surface area contributed by atoms with Crippen molar-refractivity contribution < 1.29 is 4.79 Å². The Morgan fingerprint density at radius 1 is 1.56 bits per heavy atom. The summed E-state index contributed by atoms with van der Waals surface area (Å²) < 4.78 is 0. The Hall–Kier alpha value is -0.770. The van der Waals surface area contributed by atoms with Crippen molar-refractivity contribution >= 4 is 6.03 Å². The van der Waals surface area contributed by atoms with Crippen LogP contribution in [-0.4, -0.2) is 55.6 Å². The van der Waals surface area contributed by atoms with Crippen LogP contribution < -0.4 is 5.32 Å². The Labute approximate surface area is 99.0 Å². The van der Waals surface area contributed by atoms with Gasteiger partial charge in [0, 0.05) is 25.7 Å². The van der Waals surface area contributed by atoms with E-state index in [1.165, 1.54) is 6.42 Å². The van der Waals surface area contributed by atoms with Gasteiger partial charge in [-0.1, -0.05) is 6.92 Å². The van der Waals surface area contributed by atoms with Crippen molar-refractivity contribution in [2.24, 2.45) is 5.92 Å². The molecule has 0 radical (unpaired) electrons. The molecule has 94 valence electrons. The van der Waals surface area contributed by atoms with Gasteiger partial charge in [-0.3, -0.25) is 0 Å². The molecular formula is C12H25N3O. The highest BCUT2D eigenvalue weighted by atomic mass is 16.2. The molecule has 2 atom stereocenters. The Morgan fingerprint density at radius 2 is 2.25 bits per heavy atom. The standard InChI is InChI=1S/C12H25N3O/c1-10-6-5-7-15(8-10)12(16)13-11(2)9-14(3)4/h10-11H,5-9H2,1-4H3,(H,13,16). The third-order valence-corrected chi connectivity index (χ3v) is 2.95. The van der Waals surface area contributed by atoms with Crippen LogP contribution in [0.3, 0.4) is 0 Å². The summed E-state index contributed by atoms with van der Waals surface area (Å²) >= 11 is 0. The maximum atomic E-state index is 11.9. The van der Waals surface area contributed by atoms with Crippen LogP contribution in [0.5, 0.6) is 0 Å². The summed E-state index contributed by atoms with van der Waals surface area (Å²) in [5.41, 5.74) is 0. The maximum Gasteiger partial charge on any atom is 0.317 e. The first-order valence-corrected chi connectivity index (χ1v) is 6.19. The van der Waals surface area contributed by atoms with Gasteiger partial charge in [0.25, 0.3) is 0 Å². The predicted octanol–water partition coefficient (Wildman–Crippen LogP) is 1.38. The van der Waals surface area contributed by atoms with Crippen LogP contribution >= 0.6 is 0 Å². The minimum absolute atomic E-state index is 0.0981. The fraction of sp³-hybridized carbons (Fsp3) is 0.917. The summed E-state index contributed by atoms with van der Waals surface area (Å²) in [4.78, 5) is 16.0. The SMILES string of the molecule is CC1CCCN(C(=O)NC(C)CN(C)C)C1. The lowest BCUT2D eigenvalue weighted by Gasteiger charge is -2.32. The van der Waals surface area contributed by atoms with Gasteiger partial charge in [0.15, 0.2) is 0 Å². The summed E-state index contributed by atoms with van der Waals surface area (Å²) in [6.07, 6.45) is 2.38. The average Bonchev–Trinajstić information content (AvgIpc) is 2.16. The summed E-state index contributed by atoms with van der Waals surface area (Å²) in [5, 5.41) is 3.05. The number of hydrogen-bond acceptors (Lipinski definition) is 2. The lowest BCUT2D eigenvalue weighted by Crippen LogP contribution is -2.49. The Morgan fingerprint density at radius 3 is 2.81 bits per heavy atom. The molecule has 2 amide bonds. The Kier molecular flexibility index (Phi) is 5.06. The fourth-order valence-electron chi connectivity index (χ4n) is 2.27. The van der Waals surface area contributed by atoms with E-state index in [2.05, 4.69) is 17.1 Å². The van der Waals surface area contributed by atoms with Gasteiger partial charge in [0.2, 0.25) is 0 Å². The highest BCUT2D eigenvalue weighted by Crippen LogP contribution is 2.15. The van der Waals surface area contributed by atoms with E-state index in [0.717, 1.165) is 26.1 Å². The van der Waals surface area contributed by atoms with Crippen molar-refractivity contribution in [2.75, 3.05) is 33.7 Å². The second-order valence-corrected chi connectivity index (χ2v) is 5.31. The van der Waals surface area contributed by atoms with Gasteiger partial charge in [-0.05, 0) is 39.8 Å². The van der Waals surface area contributed by atoms with Gasteiger partial charge >= 0.3 is 6.03 Å². The summed E-state index contributed by atoms with van der Waals surface area (Å²) in [6, 6.07) is 0.306. The minimum Gasteiger partial charge on any atom is -0.334 e. The van der Waals surface area contributed by atoms with Crippen LogP contribution in [0.15, 0.2) is 0 Å². The zero-order valence-corrected chi connectivity index (χ0v) is 11.0. The summed E-state index contributed by atoms with van der Waals surface area (Å²) in [7, 11) is 4.04. The van der Waals surface area contributed by atoms with E-state index < -0.39 is 0 Å². The van der Waals surface area contributed by atoms with E-state index in [1.54, 1.807) is 0 Å². The molecule has 1 aliphatic rings. The molecule has 0 aliphatic carbocycles. The highest BCUT2D eigenvalue weighted by Gasteiger charge is 2.21. The van der Waals surface area contributed by atoms with Crippen LogP contribution in [0.4, 0.5) is 4.79 Å². The number of rotatable bonds is 3. The van der Waals surface area contributed by atoms with Gasteiger partial charge in [-0.2, -0.15) is 0 Å². The van der Waals surface area contributed by atoms with Gasteiger partial charge in [-0.15, -0.1) is 0 Å². The van der Waals surface area contributed by atoms with Crippen LogP contribution in [-0.2, 0) is 0 Å². The van der Waals surface area contributed by atoms with Crippen molar-refractivity contribution in [1.29, 1.82) is 0 Å². The van der Waals surface area contributed by atoms with E-state index in [1.807, 2.05) is 25.9 Å². The highest BCUT2D eigenvalue weighted by molar-refractivity contribution is 5.74. The molecule has 0 spiro atoms. The van der Waals surface area contributed by atoms with Crippen LogP contribution in [0.25, 0.3) is 0 Å². The quantitative estimate of drug-likeness (QED) is 0.790. The Balaban J connectivity index is 2.33. The third-order valence-electron chi connectivity index (χ3n) is 2.95. The Bertz CT molecular complexity index is 230. The molecule has 0 bridgehead atoms. The second kappa shape index (κ2) is 6.09. The molecule has 1 saturated heterocycles. The number of nitrogens with one attached hydrogen (secondary N) is 1. The van der Waals surface area contributed by atoms with Crippen molar-refractivity contribution in [3.05, 3.63) is 0 Å². The van der Waals surface area contributed by atoms with Gasteiger partial charge < -0.3 is 15.1 Å². The number of piperidine rings is 1. The number of hydrogen-bond donors (Lipinski definition) is 1. The number of nitrogens with zero attached hydrogens (tertiary/aromatic N) is 2. The minimum atomic E-state index is 0.0981. The number of carbonyl (C=O) groups excluding carboxylic acids is 1. The lowest BCUT2D eigenvalue weighted by molar-refractivity contribution is 0.165. The molecule has 2 unspecified atom stereocenters. The molecule has 0 aromatic carbocycles. The number of likely N-dealkylation sites (tertiary alicyclic amines) is 1. The van der Waals surface area contributed by atoms with E-state index in [0.29, 0.717) is 5.92 Å². The van der Waals surface area contributed by atoms with E-state index in [-0.39, 0.29) is 12.1 Å². The van der Waals surface area contributed by atoms with E-state index >= 15 is 0 Å².